The fourth-order valence-corrected chi connectivity index (χ4v) is 5.00. The van der Waals surface area contributed by atoms with Gasteiger partial charge in [-0.1, -0.05) is 24.3 Å². The van der Waals surface area contributed by atoms with E-state index in [0.717, 1.165) is 47.0 Å². The average molecular weight is 551 g/mol. The van der Waals surface area contributed by atoms with Gasteiger partial charge in [-0.3, -0.25) is 4.79 Å². The molecule has 0 unspecified atom stereocenters. The Morgan fingerprint density at radius 1 is 1.02 bits per heavy atom. The predicted molar refractivity (Wildman–Crippen MR) is 156 cm³/mol. The molecule has 0 spiro atoms. The standard InChI is InChI=1S/C31H30N6O4/c1-39-26-14-20(29(38)34-21-16-40-17-21)11-12-25(26)35-31-36-28-27(30(37-31)41-22-4-2-5-22)23(15-33-28)18-7-9-19(10-8-18)24-6-3-13-32-24/h3,6-15,21-22,32H,2,4-5,16-17H2,1H3,(H,34,38)(H2,33,35,36,37). The Kier molecular flexibility index (Phi) is 6.52. The highest BCUT2D eigenvalue weighted by atomic mass is 16.5. The largest absolute Gasteiger partial charge is 0.495 e. The van der Waals surface area contributed by atoms with Crippen molar-refractivity contribution in [3.63, 3.8) is 0 Å². The third-order valence-corrected chi connectivity index (χ3v) is 7.62. The second kappa shape index (κ2) is 10.6. The van der Waals surface area contributed by atoms with Gasteiger partial charge in [0.1, 0.15) is 17.5 Å². The van der Waals surface area contributed by atoms with Gasteiger partial charge in [0, 0.05) is 29.2 Å². The number of hydrogen-bond acceptors (Lipinski definition) is 7. The van der Waals surface area contributed by atoms with Crippen LogP contribution in [0.15, 0.2) is 67.0 Å². The first-order valence-corrected chi connectivity index (χ1v) is 13.8. The van der Waals surface area contributed by atoms with E-state index in [1.54, 1.807) is 25.3 Å². The van der Waals surface area contributed by atoms with Crippen molar-refractivity contribution < 1.29 is 19.0 Å². The lowest BCUT2D eigenvalue weighted by atomic mass is 9.96. The number of ether oxygens (including phenoxy) is 3. The number of benzene rings is 2. The number of H-pyrrole nitrogens is 2. The van der Waals surface area contributed by atoms with Crippen LogP contribution < -0.4 is 20.1 Å². The summed E-state index contributed by atoms with van der Waals surface area (Å²) < 4.78 is 17.1. The van der Waals surface area contributed by atoms with Gasteiger partial charge in [-0.05, 0) is 60.7 Å². The van der Waals surface area contributed by atoms with E-state index in [1.807, 2.05) is 18.5 Å². The van der Waals surface area contributed by atoms with Gasteiger partial charge in [0.25, 0.3) is 5.91 Å². The summed E-state index contributed by atoms with van der Waals surface area (Å²) in [4.78, 5) is 28.8. The minimum Gasteiger partial charge on any atom is -0.495 e. The van der Waals surface area contributed by atoms with Crippen molar-refractivity contribution in [3.8, 4) is 34.0 Å². The van der Waals surface area contributed by atoms with Gasteiger partial charge in [-0.2, -0.15) is 9.97 Å². The number of amides is 1. The maximum Gasteiger partial charge on any atom is 0.251 e. The van der Waals surface area contributed by atoms with Crippen LogP contribution in [-0.2, 0) is 4.74 Å². The topological polar surface area (TPSA) is 126 Å². The molecule has 2 fully saturated rings. The van der Waals surface area contributed by atoms with Gasteiger partial charge in [-0.25, -0.2) is 0 Å². The Bertz CT molecular complexity index is 1690. The first kappa shape index (κ1) is 25.2. The predicted octanol–water partition coefficient (Wildman–Crippen LogP) is 5.43. The molecule has 2 aliphatic rings. The normalized spacial score (nSPS) is 15.2. The average Bonchev–Trinajstić information content (AvgIpc) is 3.64. The summed E-state index contributed by atoms with van der Waals surface area (Å²) in [6, 6.07) is 17.7. The molecule has 7 rings (SSSR count). The zero-order chi connectivity index (χ0) is 27.8. The number of nitrogens with zero attached hydrogens (tertiary/aromatic N) is 2. The van der Waals surface area contributed by atoms with Crippen molar-refractivity contribution in [1.82, 2.24) is 25.3 Å². The Labute approximate surface area is 236 Å². The molecular weight excluding hydrogens is 520 g/mol. The molecule has 3 aromatic heterocycles. The molecule has 1 amide bonds. The number of fused-ring (bicyclic) bond motifs is 1. The SMILES string of the molecule is COc1cc(C(=O)NC2COC2)ccc1Nc1nc(OC2CCC2)c2c(-c3ccc(-c4ccc[nH]4)cc3)c[nH]c2n1. The Hall–Kier alpha value is -4.83. The van der Waals surface area contributed by atoms with Crippen molar-refractivity contribution in [2.24, 2.45) is 0 Å². The molecule has 4 heterocycles. The van der Waals surface area contributed by atoms with Gasteiger partial charge in [0.15, 0.2) is 0 Å². The van der Waals surface area contributed by atoms with E-state index in [2.05, 4.69) is 50.9 Å². The quantitative estimate of drug-likeness (QED) is 0.193. The molecule has 1 saturated carbocycles. The number of anilines is 2. The highest BCUT2D eigenvalue weighted by Gasteiger charge is 2.25. The maximum absolute atomic E-state index is 12.6. The zero-order valence-corrected chi connectivity index (χ0v) is 22.6. The number of carbonyl (C=O) groups is 1. The van der Waals surface area contributed by atoms with E-state index in [4.69, 9.17) is 24.2 Å². The van der Waals surface area contributed by atoms with Crippen molar-refractivity contribution >= 4 is 28.6 Å². The van der Waals surface area contributed by atoms with Crippen LogP contribution in [0.1, 0.15) is 29.6 Å². The molecule has 41 heavy (non-hydrogen) atoms. The van der Waals surface area contributed by atoms with Crippen LogP contribution in [0.2, 0.25) is 0 Å². The Balaban J connectivity index is 1.20. The fourth-order valence-electron chi connectivity index (χ4n) is 5.00. The molecule has 1 aliphatic heterocycles. The summed E-state index contributed by atoms with van der Waals surface area (Å²) in [6.45, 7) is 1.07. The molecule has 1 saturated heterocycles. The van der Waals surface area contributed by atoms with Gasteiger partial charge in [0.2, 0.25) is 11.8 Å². The van der Waals surface area contributed by atoms with Crippen molar-refractivity contribution in [2.75, 3.05) is 25.6 Å². The first-order valence-electron chi connectivity index (χ1n) is 13.8. The maximum atomic E-state index is 12.6. The van der Waals surface area contributed by atoms with E-state index in [0.29, 0.717) is 47.7 Å². The molecular formula is C31H30N6O4. The van der Waals surface area contributed by atoms with E-state index in [-0.39, 0.29) is 18.1 Å². The van der Waals surface area contributed by atoms with Gasteiger partial charge >= 0.3 is 0 Å². The summed E-state index contributed by atoms with van der Waals surface area (Å²) in [7, 11) is 1.56. The summed E-state index contributed by atoms with van der Waals surface area (Å²) >= 11 is 0. The lowest BCUT2D eigenvalue weighted by Crippen LogP contribution is -2.48. The van der Waals surface area contributed by atoms with Crippen molar-refractivity contribution in [3.05, 3.63) is 72.6 Å². The molecule has 0 radical (unpaired) electrons. The molecule has 0 bridgehead atoms. The van der Waals surface area contributed by atoms with Gasteiger partial charge in [-0.15, -0.1) is 0 Å². The van der Waals surface area contributed by atoms with E-state index < -0.39 is 0 Å². The van der Waals surface area contributed by atoms with Crippen LogP contribution in [0.5, 0.6) is 11.6 Å². The number of carbonyl (C=O) groups excluding carboxylic acids is 1. The minimum absolute atomic E-state index is 0.0446. The number of rotatable bonds is 9. The molecule has 208 valence electrons. The van der Waals surface area contributed by atoms with Crippen LogP contribution in [0.4, 0.5) is 11.6 Å². The summed E-state index contributed by atoms with van der Waals surface area (Å²) in [5, 5.41) is 7.05. The fraction of sp³-hybridized carbons (Fsp3) is 0.258. The second-order valence-electron chi connectivity index (χ2n) is 10.4. The second-order valence-corrected chi connectivity index (χ2v) is 10.4. The molecule has 10 heteroatoms. The molecule has 4 N–H and O–H groups in total. The van der Waals surface area contributed by atoms with E-state index >= 15 is 0 Å². The number of aromatic amines is 2. The Morgan fingerprint density at radius 2 is 1.85 bits per heavy atom. The summed E-state index contributed by atoms with van der Waals surface area (Å²) in [5.74, 6) is 1.23. The minimum atomic E-state index is -0.170. The molecule has 5 aromatic rings. The lowest BCUT2D eigenvalue weighted by molar-refractivity contribution is -0.00346. The van der Waals surface area contributed by atoms with Crippen molar-refractivity contribution in [1.29, 1.82) is 0 Å². The number of hydrogen-bond donors (Lipinski definition) is 4. The van der Waals surface area contributed by atoms with Gasteiger partial charge < -0.3 is 34.8 Å². The van der Waals surface area contributed by atoms with Crippen LogP contribution in [-0.4, -0.2) is 58.3 Å². The van der Waals surface area contributed by atoms with Crippen LogP contribution >= 0.6 is 0 Å². The highest BCUT2D eigenvalue weighted by Crippen LogP contribution is 2.38. The van der Waals surface area contributed by atoms with Crippen LogP contribution in [0.25, 0.3) is 33.4 Å². The number of nitrogens with one attached hydrogen (secondary N) is 4. The zero-order valence-electron chi connectivity index (χ0n) is 22.6. The highest BCUT2D eigenvalue weighted by molar-refractivity contribution is 5.98. The van der Waals surface area contributed by atoms with Crippen LogP contribution in [0, 0.1) is 0 Å². The number of methoxy groups -OCH3 is 1. The summed E-state index contributed by atoms with van der Waals surface area (Å²) in [5.41, 5.74) is 6.00. The molecule has 10 nitrogen and oxygen atoms in total. The molecule has 2 aromatic carbocycles. The lowest BCUT2D eigenvalue weighted by Gasteiger charge is -2.27. The third-order valence-electron chi connectivity index (χ3n) is 7.62. The number of aromatic nitrogens is 4. The third kappa shape index (κ3) is 4.98. The monoisotopic (exact) mass is 550 g/mol. The van der Waals surface area contributed by atoms with Crippen molar-refractivity contribution in [2.45, 2.75) is 31.4 Å². The smallest absolute Gasteiger partial charge is 0.251 e. The van der Waals surface area contributed by atoms with E-state index in [1.165, 1.54) is 0 Å². The molecule has 1 aliphatic carbocycles. The summed E-state index contributed by atoms with van der Waals surface area (Å²) in [6.07, 6.45) is 7.15. The van der Waals surface area contributed by atoms with E-state index in [9.17, 15) is 4.79 Å². The first-order chi connectivity index (χ1) is 20.1. The van der Waals surface area contributed by atoms with Gasteiger partial charge in [0.05, 0.1) is 37.4 Å². The molecule has 0 atom stereocenters. The Morgan fingerprint density at radius 3 is 2.54 bits per heavy atom. The van der Waals surface area contributed by atoms with Crippen LogP contribution in [0.3, 0.4) is 0 Å².